The van der Waals surface area contributed by atoms with Crippen LogP contribution in [0.4, 0.5) is 10.1 Å². The number of amides is 1. The molecule has 7 nitrogen and oxygen atoms in total. The largest absolute Gasteiger partial charge is 0.391 e. The van der Waals surface area contributed by atoms with Crippen LogP contribution in [0.1, 0.15) is 24.5 Å². The Morgan fingerprint density at radius 2 is 1.93 bits per heavy atom. The number of carbonyl (C=O) groups is 1. The minimum atomic E-state index is -0.186. The summed E-state index contributed by atoms with van der Waals surface area (Å²) in [6, 6.07) is 3.76. The molecule has 3 aliphatic rings. The normalized spacial score (nSPS) is 19.4. The Labute approximate surface area is 176 Å². The number of amidine groups is 1. The molecule has 0 bridgehead atoms. The molecule has 160 valence electrons. The van der Waals surface area contributed by atoms with Crippen molar-refractivity contribution in [1.82, 2.24) is 20.2 Å². The summed E-state index contributed by atoms with van der Waals surface area (Å²) in [5.41, 5.74) is 4.79. The zero-order chi connectivity index (χ0) is 21.6. The number of anilines is 1. The highest BCUT2D eigenvalue weighted by Gasteiger charge is 2.32. The maximum absolute atomic E-state index is 15.4. The molecule has 0 unspecified atom stereocenters. The Hall–Kier alpha value is -2.87. The van der Waals surface area contributed by atoms with E-state index in [9.17, 15) is 4.79 Å². The van der Waals surface area contributed by atoms with E-state index in [4.69, 9.17) is 5.41 Å². The lowest BCUT2D eigenvalue weighted by atomic mass is 10.0. The third-order valence-electron chi connectivity index (χ3n) is 6.37. The molecule has 0 aromatic heterocycles. The number of benzene rings is 1. The van der Waals surface area contributed by atoms with Crippen LogP contribution in [-0.2, 0) is 11.2 Å². The van der Waals surface area contributed by atoms with E-state index in [-0.39, 0.29) is 11.7 Å². The number of likely N-dealkylation sites (N-methyl/N-ethyl adjacent to an activating group) is 1. The molecule has 0 atom stereocenters. The van der Waals surface area contributed by atoms with Gasteiger partial charge in [0.15, 0.2) is 0 Å². The molecule has 1 amide bonds. The van der Waals surface area contributed by atoms with Gasteiger partial charge in [-0.2, -0.15) is 0 Å². The average molecular weight is 413 g/mol. The van der Waals surface area contributed by atoms with Crippen molar-refractivity contribution >= 4 is 23.0 Å². The monoisotopic (exact) mass is 412 g/mol. The van der Waals surface area contributed by atoms with Crippen LogP contribution in [0.15, 0.2) is 29.6 Å². The van der Waals surface area contributed by atoms with Crippen LogP contribution in [0.3, 0.4) is 0 Å². The first-order valence-corrected chi connectivity index (χ1v) is 10.3. The molecule has 8 heteroatoms. The molecule has 1 aromatic carbocycles. The highest BCUT2D eigenvalue weighted by Crippen LogP contribution is 2.36. The fourth-order valence-corrected chi connectivity index (χ4v) is 4.49. The molecule has 0 saturated carbocycles. The number of hydrogen-bond donors (Lipinski definition) is 2. The Kier molecular flexibility index (Phi) is 5.27. The Morgan fingerprint density at radius 3 is 2.57 bits per heavy atom. The van der Waals surface area contributed by atoms with Gasteiger partial charge in [0.25, 0.3) is 0 Å². The summed E-state index contributed by atoms with van der Waals surface area (Å²) < 4.78 is 15.4. The lowest BCUT2D eigenvalue weighted by Gasteiger charge is -2.33. The summed E-state index contributed by atoms with van der Waals surface area (Å²) in [6.45, 7) is 3.84. The highest BCUT2D eigenvalue weighted by molar-refractivity contribution is 6.10. The van der Waals surface area contributed by atoms with Gasteiger partial charge in [-0.15, -0.1) is 0 Å². The van der Waals surface area contributed by atoms with E-state index < -0.39 is 0 Å². The van der Waals surface area contributed by atoms with Crippen molar-refractivity contribution in [2.45, 2.75) is 19.8 Å². The quantitative estimate of drug-likeness (QED) is 0.588. The Bertz CT molecular complexity index is 969. The minimum Gasteiger partial charge on any atom is -0.391 e. The topological polar surface area (TPSA) is 65.9 Å². The van der Waals surface area contributed by atoms with Gasteiger partial charge in [0.1, 0.15) is 11.7 Å². The SMILES string of the molecule is CNC1=C(C(=N)N2CCc3c2ccc(C2=CN(C)N(C)C2)c3F)CN(C(C)=O)CC1. The van der Waals surface area contributed by atoms with Crippen molar-refractivity contribution in [1.29, 1.82) is 5.41 Å². The van der Waals surface area contributed by atoms with Gasteiger partial charge in [-0.1, -0.05) is 0 Å². The second-order valence-electron chi connectivity index (χ2n) is 8.12. The lowest BCUT2D eigenvalue weighted by molar-refractivity contribution is -0.128. The maximum Gasteiger partial charge on any atom is 0.219 e. The van der Waals surface area contributed by atoms with Crippen LogP contribution < -0.4 is 10.2 Å². The van der Waals surface area contributed by atoms with Gasteiger partial charge in [-0.3, -0.25) is 10.2 Å². The summed E-state index contributed by atoms with van der Waals surface area (Å²) >= 11 is 0. The van der Waals surface area contributed by atoms with Crippen LogP contribution >= 0.6 is 0 Å². The van der Waals surface area contributed by atoms with Gasteiger partial charge in [-0.05, 0) is 24.1 Å². The number of carbonyl (C=O) groups excluding carboxylic acids is 1. The van der Waals surface area contributed by atoms with Crippen molar-refractivity contribution in [3.8, 4) is 0 Å². The van der Waals surface area contributed by atoms with E-state index in [0.29, 0.717) is 56.0 Å². The summed E-state index contributed by atoms with van der Waals surface area (Å²) in [5, 5.41) is 16.0. The molecule has 0 fully saturated rings. The second-order valence-corrected chi connectivity index (χ2v) is 8.12. The van der Waals surface area contributed by atoms with Gasteiger partial charge >= 0.3 is 0 Å². The summed E-state index contributed by atoms with van der Waals surface area (Å²) in [5.74, 6) is 0.165. The van der Waals surface area contributed by atoms with E-state index in [1.807, 2.05) is 54.4 Å². The van der Waals surface area contributed by atoms with Gasteiger partial charge in [0.05, 0.1) is 6.54 Å². The number of fused-ring (bicyclic) bond motifs is 1. The smallest absolute Gasteiger partial charge is 0.219 e. The molecule has 3 heterocycles. The van der Waals surface area contributed by atoms with Crippen LogP contribution in [0.5, 0.6) is 0 Å². The zero-order valence-corrected chi connectivity index (χ0v) is 18.0. The van der Waals surface area contributed by atoms with Crippen molar-refractivity contribution in [2.75, 3.05) is 52.2 Å². The average Bonchev–Trinajstić information content (AvgIpc) is 3.31. The Balaban J connectivity index is 1.64. The molecule has 0 aliphatic carbocycles. The molecule has 2 N–H and O–H groups in total. The number of hydrogen-bond acceptors (Lipinski definition) is 5. The number of nitrogens with zero attached hydrogens (tertiary/aromatic N) is 4. The van der Waals surface area contributed by atoms with Crippen LogP contribution in [-0.4, -0.2) is 74.0 Å². The molecule has 30 heavy (non-hydrogen) atoms. The molecular formula is C22H29FN6O. The first kappa shape index (κ1) is 20.4. The van der Waals surface area contributed by atoms with E-state index >= 15 is 4.39 Å². The van der Waals surface area contributed by atoms with Gasteiger partial charge in [0.2, 0.25) is 5.91 Å². The van der Waals surface area contributed by atoms with Crippen molar-refractivity contribution in [3.63, 3.8) is 0 Å². The van der Waals surface area contributed by atoms with Gasteiger partial charge in [0, 0.05) is 88.4 Å². The van der Waals surface area contributed by atoms with Crippen LogP contribution in [0.25, 0.3) is 5.57 Å². The zero-order valence-electron chi connectivity index (χ0n) is 18.0. The standard InChI is InChI=1S/C22H29FN6O/c1-14(30)28-9-8-19(25-2)18(13-28)22(24)29-10-7-17-20(29)6-5-16(21(17)23)15-11-26(3)27(4)12-15/h5-6,11,24-25H,7-10,12-13H2,1-4H3. The van der Waals surface area contributed by atoms with E-state index in [1.54, 1.807) is 11.8 Å². The predicted molar refractivity (Wildman–Crippen MR) is 117 cm³/mol. The molecular weight excluding hydrogens is 383 g/mol. The molecule has 0 spiro atoms. The maximum atomic E-state index is 15.4. The van der Waals surface area contributed by atoms with Crippen LogP contribution in [0.2, 0.25) is 0 Å². The number of rotatable bonds is 3. The number of hydrazine groups is 1. The van der Waals surface area contributed by atoms with Gasteiger partial charge in [-0.25, -0.2) is 9.40 Å². The fraction of sp³-hybridized carbons (Fsp3) is 0.455. The predicted octanol–water partition coefficient (Wildman–Crippen LogP) is 2.02. The molecule has 4 rings (SSSR count). The van der Waals surface area contributed by atoms with E-state index in [2.05, 4.69) is 5.32 Å². The van der Waals surface area contributed by atoms with E-state index in [0.717, 1.165) is 22.5 Å². The highest BCUT2D eigenvalue weighted by atomic mass is 19.1. The van der Waals surface area contributed by atoms with Gasteiger partial charge < -0.3 is 20.1 Å². The molecule has 0 saturated heterocycles. The fourth-order valence-electron chi connectivity index (χ4n) is 4.49. The summed E-state index contributed by atoms with van der Waals surface area (Å²) in [6.07, 6.45) is 3.22. The summed E-state index contributed by atoms with van der Waals surface area (Å²) in [4.78, 5) is 15.5. The lowest BCUT2D eigenvalue weighted by Crippen LogP contribution is -2.43. The first-order valence-electron chi connectivity index (χ1n) is 10.3. The third-order valence-corrected chi connectivity index (χ3v) is 6.37. The number of nitrogens with one attached hydrogen (secondary N) is 2. The van der Waals surface area contributed by atoms with Crippen LogP contribution in [0, 0.1) is 11.2 Å². The number of halogens is 1. The first-order chi connectivity index (χ1) is 14.3. The Morgan fingerprint density at radius 1 is 1.17 bits per heavy atom. The molecule has 3 aliphatic heterocycles. The molecule has 1 aromatic rings. The van der Waals surface area contributed by atoms with Crippen molar-refractivity contribution in [3.05, 3.63) is 46.5 Å². The molecule has 0 radical (unpaired) electrons. The third kappa shape index (κ3) is 3.35. The second kappa shape index (κ2) is 7.75. The van der Waals surface area contributed by atoms with Crippen molar-refractivity contribution in [2.24, 2.45) is 0 Å². The minimum absolute atomic E-state index is 0.00716. The van der Waals surface area contributed by atoms with Crippen molar-refractivity contribution < 1.29 is 9.18 Å². The summed E-state index contributed by atoms with van der Waals surface area (Å²) in [7, 11) is 5.77. The van der Waals surface area contributed by atoms with E-state index in [1.165, 1.54) is 0 Å².